The summed E-state index contributed by atoms with van der Waals surface area (Å²) in [5.41, 5.74) is 2.06. The van der Waals surface area contributed by atoms with E-state index in [-0.39, 0.29) is 11.8 Å². The summed E-state index contributed by atoms with van der Waals surface area (Å²) < 4.78 is 5.34. The summed E-state index contributed by atoms with van der Waals surface area (Å²) >= 11 is 1.36. The van der Waals surface area contributed by atoms with Gasteiger partial charge in [0, 0.05) is 18.3 Å². The molecule has 0 aliphatic heterocycles. The summed E-state index contributed by atoms with van der Waals surface area (Å²) in [6, 6.07) is 10.2. The minimum atomic E-state index is -0.310. The lowest BCUT2D eigenvalue weighted by Crippen LogP contribution is -2.18. The Morgan fingerprint density at radius 2 is 1.81 bits per heavy atom. The van der Waals surface area contributed by atoms with Crippen molar-refractivity contribution >= 4 is 29.3 Å². The number of hydrogen-bond donors (Lipinski definition) is 2. The number of hydrogen-bond acceptors (Lipinski definition) is 6. The first kappa shape index (κ1) is 18.7. The first-order valence-corrected chi connectivity index (χ1v) is 9.36. The van der Waals surface area contributed by atoms with Crippen LogP contribution in [0.15, 0.2) is 52.1 Å². The third-order valence-electron chi connectivity index (χ3n) is 3.85. The van der Waals surface area contributed by atoms with E-state index < -0.39 is 0 Å². The molecule has 0 aliphatic carbocycles. The molecule has 7 nitrogen and oxygen atoms in total. The molecule has 0 bridgehead atoms. The minimum absolute atomic E-state index is 0.185. The van der Waals surface area contributed by atoms with Crippen LogP contribution in [0.1, 0.15) is 26.4 Å². The zero-order valence-corrected chi connectivity index (χ0v) is 15.9. The number of benzene rings is 1. The molecule has 0 atom stereocenters. The second-order valence-corrected chi connectivity index (χ2v) is 6.40. The average Bonchev–Trinajstić information content (AvgIpc) is 3.22. The van der Waals surface area contributed by atoms with Crippen LogP contribution in [0, 0.1) is 6.92 Å². The van der Waals surface area contributed by atoms with Gasteiger partial charge in [-0.15, -0.1) is 11.8 Å². The predicted octanol–water partition coefficient (Wildman–Crippen LogP) is 3.38. The molecule has 8 heteroatoms. The van der Waals surface area contributed by atoms with Gasteiger partial charge >= 0.3 is 0 Å². The van der Waals surface area contributed by atoms with Crippen LogP contribution >= 0.6 is 11.8 Å². The van der Waals surface area contributed by atoms with E-state index >= 15 is 0 Å². The Bertz CT molecular complexity index is 969. The van der Waals surface area contributed by atoms with Gasteiger partial charge in [-0.3, -0.25) is 9.59 Å². The molecule has 2 aromatic heterocycles. The lowest BCUT2D eigenvalue weighted by atomic mass is 10.1. The third kappa shape index (κ3) is 4.01. The standard InChI is InChI=1S/C19H18N4O3S/c1-11-15(19(27-3)23-16(21-11)14-5-4-10-26-14)18(25)22-13-8-6-12(7-9-13)17(24)20-2/h4-10H,1-3H3,(H,20,24)(H,22,25). The minimum Gasteiger partial charge on any atom is -0.461 e. The van der Waals surface area contributed by atoms with Crippen molar-refractivity contribution in [2.24, 2.45) is 0 Å². The number of amides is 2. The second-order valence-electron chi connectivity index (χ2n) is 5.60. The molecule has 0 spiro atoms. The molecule has 0 fully saturated rings. The van der Waals surface area contributed by atoms with Gasteiger partial charge in [-0.25, -0.2) is 9.97 Å². The second kappa shape index (κ2) is 8.05. The third-order valence-corrected chi connectivity index (χ3v) is 4.53. The highest BCUT2D eigenvalue weighted by Gasteiger charge is 2.20. The first-order valence-electron chi connectivity index (χ1n) is 8.13. The molecule has 0 saturated heterocycles. The van der Waals surface area contributed by atoms with E-state index in [0.29, 0.717) is 39.1 Å². The van der Waals surface area contributed by atoms with Crippen molar-refractivity contribution in [1.82, 2.24) is 15.3 Å². The summed E-state index contributed by atoms with van der Waals surface area (Å²) in [4.78, 5) is 33.2. The molecule has 1 aromatic carbocycles. The van der Waals surface area contributed by atoms with Gasteiger partial charge in [0.2, 0.25) is 0 Å². The molecule has 27 heavy (non-hydrogen) atoms. The first-order chi connectivity index (χ1) is 13.0. The highest BCUT2D eigenvalue weighted by atomic mass is 32.2. The van der Waals surface area contributed by atoms with Gasteiger partial charge in [-0.2, -0.15) is 0 Å². The largest absolute Gasteiger partial charge is 0.461 e. The van der Waals surface area contributed by atoms with Crippen molar-refractivity contribution in [2.45, 2.75) is 11.9 Å². The smallest absolute Gasteiger partial charge is 0.260 e. The van der Waals surface area contributed by atoms with Gasteiger partial charge in [0.05, 0.1) is 17.5 Å². The van der Waals surface area contributed by atoms with Crippen LogP contribution < -0.4 is 10.6 Å². The summed E-state index contributed by atoms with van der Waals surface area (Å²) in [6.07, 6.45) is 3.40. The highest BCUT2D eigenvalue weighted by Crippen LogP contribution is 2.26. The van der Waals surface area contributed by atoms with Crippen LogP contribution in [0.2, 0.25) is 0 Å². The van der Waals surface area contributed by atoms with E-state index in [2.05, 4.69) is 20.6 Å². The number of carbonyl (C=O) groups is 2. The maximum atomic E-state index is 12.8. The molecule has 138 valence electrons. The summed E-state index contributed by atoms with van der Waals surface area (Å²) in [5, 5.41) is 5.94. The lowest BCUT2D eigenvalue weighted by Gasteiger charge is -2.12. The molecule has 2 amide bonds. The van der Waals surface area contributed by atoms with Gasteiger partial charge < -0.3 is 15.1 Å². The number of anilines is 1. The quantitative estimate of drug-likeness (QED) is 0.519. The number of nitrogens with one attached hydrogen (secondary N) is 2. The predicted molar refractivity (Wildman–Crippen MR) is 104 cm³/mol. The van der Waals surface area contributed by atoms with E-state index in [0.717, 1.165) is 0 Å². The number of nitrogens with zero attached hydrogens (tertiary/aromatic N) is 2. The Hall–Kier alpha value is -3.13. The Balaban J connectivity index is 1.87. The molecule has 2 heterocycles. The monoisotopic (exact) mass is 382 g/mol. The topological polar surface area (TPSA) is 97.1 Å². The van der Waals surface area contributed by atoms with Crippen LogP contribution in [0.3, 0.4) is 0 Å². The number of furan rings is 1. The fourth-order valence-corrected chi connectivity index (χ4v) is 3.14. The normalized spacial score (nSPS) is 10.5. The van der Waals surface area contributed by atoms with E-state index in [1.807, 2.05) is 6.26 Å². The van der Waals surface area contributed by atoms with Crippen LogP contribution in [-0.4, -0.2) is 35.1 Å². The summed E-state index contributed by atoms with van der Waals surface area (Å²) in [7, 11) is 1.57. The molecule has 3 aromatic rings. The fourth-order valence-electron chi connectivity index (χ4n) is 2.51. The molecule has 0 saturated carbocycles. The summed E-state index contributed by atoms with van der Waals surface area (Å²) in [6.45, 7) is 1.76. The number of aryl methyl sites for hydroxylation is 1. The highest BCUT2D eigenvalue weighted by molar-refractivity contribution is 7.98. The number of aromatic nitrogens is 2. The maximum absolute atomic E-state index is 12.8. The Morgan fingerprint density at radius 1 is 1.07 bits per heavy atom. The van der Waals surface area contributed by atoms with Crippen molar-refractivity contribution < 1.29 is 14.0 Å². The van der Waals surface area contributed by atoms with Gasteiger partial charge in [0.25, 0.3) is 11.8 Å². The SMILES string of the molecule is CNC(=O)c1ccc(NC(=O)c2c(C)nc(-c3ccco3)nc2SC)cc1. The van der Waals surface area contributed by atoms with E-state index in [1.54, 1.807) is 56.6 Å². The van der Waals surface area contributed by atoms with Gasteiger partial charge in [0.1, 0.15) is 5.03 Å². The summed E-state index contributed by atoms with van der Waals surface area (Å²) in [5.74, 6) is 0.490. The van der Waals surface area contributed by atoms with Crippen LogP contribution in [0.5, 0.6) is 0 Å². The average molecular weight is 382 g/mol. The van der Waals surface area contributed by atoms with Crippen molar-refractivity contribution in [3.8, 4) is 11.6 Å². The fraction of sp³-hybridized carbons (Fsp3) is 0.158. The molecule has 3 rings (SSSR count). The van der Waals surface area contributed by atoms with E-state index in [1.165, 1.54) is 11.8 Å². The number of carbonyl (C=O) groups excluding carboxylic acids is 2. The molecular formula is C19H18N4O3S. The Labute approximate surface area is 160 Å². The molecule has 0 aliphatic rings. The molecule has 0 radical (unpaired) electrons. The van der Waals surface area contributed by atoms with Crippen molar-refractivity contribution in [3.63, 3.8) is 0 Å². The zero-order valence-electron chi connectivity index (χ0n) is 15.1. The van der Waals surface area contributed by atoms with Crippen LogP contribution in [0.4, 0.5) is 5.69 Å². The van der Waals surface area contributed by atoms with Gasteiger partial charge in [-0.1, -0.05) is 0 Å². The van der Waals surface area contributed by atoms with Gasteiger partial charge in [-0.05, 0) is 49.6 Å². The number of thioether (sulfide) groups is 1. The van der Waals surface area contributed by atoms with Gasteiger partial charge in [0.15, 0.2) is 11.6 Å². The van der Waals surface area contributed by atoms with E-state index in [9.17, 15) is 9.59 Å². The van der Waals surface area contributed by atoms with Crippen molar-refractivity contribution in [1.29, 1.82) is 0 Å². The van der Waals surface area contributed by atoms with Crippen molar-refractivity contribution in [3.05, 3.63) is 59.5 Å². The Morgan fingerprint density at radius 3 is 2.41 bits per heavy atom. The Kier molecular flexibility index (Phi) is 5.56. The van der Waals surface area contributed by atoms with Crippen LogP contribution in [-0.2, 0) is 0 Å². The molecule has 2 N–H and O–H groups in total. The molecule has 0 unspecified atom stereocenters. The number of rotatable bonds is 5. The van der Waals surface area contributed by atoms with Crippen molar-refractivity contribution in [2.75, 3.05) is 18.6 Å². The van der Waals surface area contributed by atoms with Crippen LogP contribution in [0.25, 0.3) is 11.6 Å². The zero-order chi connectivity index (χ0) is 19.4. The van der Waals surface area contributed by atoms with E-state index in [4.69, 9.17) is 4.42 Å². The lowest BCUT2D eigenvalue weighted by molar-refractivity contribution is 0.0962. The maximum Gasteiger partial charge on any atom is 0.260 e. The molecular weight excluding hydrogens is 364 g/mol.